The minimum atomic E-state index is -0.425. The molecule has 24 heavy (non-hydrogen) atoms. The van der Waals surface area contributed by atoms with Gasteiger partial charge in [0.05, 0.1) is 7.11 Å². The molecule has 0 radical (unpaired) electrons. The van der Waals surface area contributed by atoms with Gasteiger partial charge in [-0.1, -0.05) is 12.1 Å². The number of benzene rings is 1. The summed E-state index contributed by atoms with van der Waals surface area (Å²) >= 11 is 0. The van der Waals surface area contributed by atoms with Gasteiger partial charge >= 0.3 is 6.09 Å². The van der Waals surface area contributed by atoms with Gasteiger partial charge in [0.25, 0.3) is 0 Å². The van der Waals surface area contributed by atoms with Gasteiger partial charge in [0.2, 0.25) is 0 Å². The number of rotatable bonds is 3. The van der Waals surface area contributed by atoms with Crippen LogP contribution in [0.25, 0.3) is 0 Å². The van der Waals surface area contributed by atoms with E-state index in [4.69, 9.17) is 9.47 Å². The molecule has 2 aliphatic rings. The lowest BCUT2D eigenvalue weighted by molar-refractivity contribution is -0.156. The van der Waals surface area contributed by atoms with Gasteiger partial charge < -0.3 is 14.4 Å². The van der Waals surface area contributed by atoms with Gasteiger partial charge in [0.15, 0.2) is 0 Å². The number of hydrogen-bond donors (Lipinski definition) is 0. The molecule has 2 heterocycles. The molecule has 3 rings (SSSR count). The predicted molar refractivity (Wildman–Crippen MR) is 93.1 cm³/mol. The first-order valence-corrected chi connectivity index (χ1v) is 8.57. The van der Waals surface area contributed by atoms with Gasteiger partial charge in [0.1, 0.15) is 11.4 Å². The van der Waals surface area contributed by atoms with E-state index < -0.39 is 5.60 Å². The molecule has 1 unspecified atom stereocenters. The molecule has 5 nitrogen and oxygen atoms in total. The van der Waals surface area contributed by atoms with Gasteiger partial charge in [-0.25, -0.2) is 4.79 Å². The average Bonchev–Trinajstić information content (AvgIpc) is 2.47. The fourth-order valence-electron chi connectivity index (χ4n) is 3.64. The summed E-state index contributed by atoms with van der Waals surface area (Å²) in [5.74, 6) is 0.888. The summed E-state index contributed by atoms with van der Waals surface area (Å²) in [6.07, 6.45) is -0.186. The second-order valence-corrected chi connectivity index (χ2v) is 8.13. The van der Waals surface area contributed by atoms with Crippen molar-refractivity contribution in [2.75, 3.05) is 26.7 Å². The summed E-state index contributed by atoms with van der Waals surface area (Å²) < 4.78 is 10.6. The Morgan fingerprint density at radius 2 is 1.83 bits per heavy atom. The monoisotopic (exact) mass is 332 g/mol. The maximum absolute atomic E-state index is 12.1. The van der Waals surface area contributed by atoms with Crippen LogP contribution in [0, 0.1) is 5.41 Å². The second kappa shape index (κ2) is 5.96. The van der Waals surface area contributed by atoms with Crippen LogP contribution in [-0.2, 0) is 11.3 Å². The van der Waals surface area contributed by atoms with E-state index in [1.165, 1.54) is 5.56 Å². The van der Waals surface area contributed by atoms with Crippen LogP contribution < -0.4 is 4.74 Å². The molecule has 0 N–H and O–H groups in total. The van der Waals surface area contributed by atoms with Crippen LogP contribution in [0.4, 0.5) is 4.79 Å². The first-order valence-electron chi connectivity index (χ1n) is 8.57. The van der Waals surface area contributed by atoms with Gasteiger partial charge in [0, 0.05) is 37.6 Å². The average molecular weight is 332 g/mol. The first kappa shape index (κ1) is 17.1. The largest absolute Gasteiger partial charge is 0.497 e. The van der Waals surface area contributed by atoms with Crippen LogP contribution in [0.15, 0.2) is 24.3 Å². The molecule has 1 amide bonds. The van der Waals surface area contributed by atoms with E-state index in [0.29, 0.717) is 6.04 Å². The number of amides is 1. The molecule has 1 atom stereocenters. The first-order chi connectivity index (χ1) is 11.2. The maximum Gasteiger partial charge on any atom is 0.410 e. The van der Waals surface area contributed by atoms with Crippen molar-refractivity contribution in [1.29, 1.82) is 0 Å². The van der Waals surface area contributed by atoms with Crippen molar-refractivity contribution in [3.63, 3.8) is 0 Å². The van der Waals surface area contributed by atoms with Gasteiger partial charge in [-0.05, 0) is 45.4 Å². The molecule has 2 fully saturated rings. The summed E-state index contributed by atoms with van der Waals surface area (Å²) in [7, 11) is 1.68. The number of hydrogen-bond acceptors (Lipinski definition) is 4. The third-order valence-electron chi connectivity index (χ3n) is 5.16. The second-order valence-electron chi connectivity index (χ2n) is 8.13. The summed E-state index contributed by atoms with van der Waals surface area (Å²) in [5.41, 5.74) is 1.12. The summed E-state index contributed by atoms with van der Waals surface area (Å²) in [6.45, 7) is 11.6. The standard InChI is InChI=1S/C19H28N2O3/c1-14-19(12-21(13-19)17(22)24-18(2,3)4)11-20(14)10-15-6-8-16(23-5)9-7-15/h6-9,14H,10-13H2,1-5H3. The quantitative estimate of drug-likeness (QED) is 0.853. The highest BCUT2D eigenvalue weighted by atomic mass is 16.6. The number of nitrogens with zero attached hydrogens (tertiary/aromatic N) is 2. The normalized spacial score (nSPS) is 22.7. The lowest BCUT2D eigenvalue weighted by Crippen LogP contribution is -2.76. The molecule has 2 aliphatic heterocycles. The zero-order valence-corrected chi connectivity index (χ0v) is 15.3. The molecule has 1 spiro atoms. The van der Waals surface area contributed by atoms with Gasteiger partial charge in [-0.2, -0.15) is 0 Å². The third-order valence-corrected chi connectivity index (χ3v) is 5.16. The summed E-state index contributed by atoms with van der Waals surface area (Å²) in [5, 5.41) is 0. The zero-order chi connectivity index (χ0) is 17.5. The lowest BCUT2D eigenvalue weighted by atomic mass is 9.66. The fraction of sp³-hybridized carbons (Fsp3) is 0.632. The van der Waals surface area contributed by atoms with Gasteiger partial charge in [-0.3, -0.25) is 4.90 Å². The van der Waals surface area contributed by atoms with E-state index in [1.54, 1.807) is 7.11 Å². The Kier molecular flexibility index (Phi) is 4.24. The Balaban J connectivity index is 1.49. The Labute approximate surface area is 144 Å². The lowest BCUT2D eigenvalue weighted by Gasteiger charge is -2.64. The molecule has 5 heteroatoms. The highest BCUT2D eigenvalue weighted by molar-refractivity contribution is 5.69. The van der Waals surface area contributed by atoms with Crippen molar-refractivity contribution in [3.05, 3.63) is 29.8 Å². The highest BCUT2D eigenvalue weighted by Gasteiger charge is 2.58. The minimum Gasteiger partial charge on any atom is -0.497 e. The van der Waals surface area contributed by atoms with E-state index in [2.05, 4.69) is 24.0 Å². The molecule has 132 valence electrons. The molecule has 0 bridgehead atoms. The molecular weight excluding hydrogens is 304 g/mol. The van der Waals surface area contributed by atoms with Crippen LogP contribution in [0.5, 0.6) is 5.75 Å². The van der Waals surface area contributed by atoms with Crippen LogP contribution in [0.2, 0.25) is 0 Å². The van der Waals surface area contributed by atoms with Crippen molar-refractivity contribution in [2.45, 2.75) is 45.9 Å². The molecule has 1 aromatic rings. The van der Waals surface area contributed by atoms with Crippen molar-refractivity contribution in [1.82, 2.24) is 9.80 Å². The van der Waals surface area contributed by atoms with Crippen LogP contribution in [0.3, 0.4) is 0 Å². The fourth-order valence-corrected chi connectivity index (χ4v) is 3.64. The van der Waals surface area contributed by atoms with Crippen LogP contribution >= 0.6 is 0 Å². The topological polar surface area (TPSA) is 42.0 Å². The minimum absolute atomic E-state index is 0.186. The SMILES string of the molecule is COc1ccc(CN2CC3(CN(C(=O)OC(C)(C)C)C3)C2C)cc1. The Hall–Kier alpha value is -1.75. The van der Waals surface area contributed by atoms with Crippen molar-refractivity contribution in [2.24, 2.45) is 5.41 Å². The van der Waals surface area contributed by atoms with Gasteiger partial charge in [-0.15, -0.1) is 0 Å². The molecule has 0 aliphatic carbocycles. The highest BCUT2D eigenvalue weighted by Crippen LogP contribution is 2.46. The molecule has 0 saturated carbocycles. The van der Waals surface area contributed by atoms with E-state index in [9.17, 15) is 4.79 Å². The van der Waals surface area contributed by atoms with E-state index in [-0.39, 0.29) is 11.5 Å². The third kappa shape index (κ3) is 3.22. The smallest absolute Gasteiger partial charge is 0.410 e. The van der Waals surface area contributed by atoms with Crippen molar-refractivity contribution in [3.8, 4) is 5.75 Å². The number of likely N-dealkylation sites (tertiary alicyclic amines) is 2. The van der Waals surface area contributed by atoms with Crippen LogP contribution in [0.1, 0.15) is 33.3 Å². The van der Waals surface area contributed by atoms with E-state index in [1.807, 2.05) is 37.8 Å². The number of methoxy groups -OCH3 is 1. The zero-order valence-electron chi connectivity index (χ0n) is 15.3. The Morgan fingerprint density at radius 1 is 1.21 bits per heavy atom. The number of carbonyl (C=O) groups excluding carboxylic acids is 1. The predicted octanol–water partition coefficient (Wildman–Crippen LogP) is 3.14. The molecule has 0 aromatic heterocycles. The number of ether oxygens (including phenoxy) is 2. The Morgan fingerprint density at radius 3 is 2.33 bits per heavy atom. The molecule has 1 aromatic carbocycles. The van der Waals surface area contributed by atoms with E-state index in [0.717, 1.165) is 31.9 Å². The summed E-state index contributed by atoms with van der Waals surface area (Å²) in [4.78, 5) is 16.4. The van der Waals surface area contributed by atoms with Crippen LogP contribution in [-0.4, -0.2) is 54.3 Å². The molecular formula is C19H28N2O3. The number of carbonyl (C=O) groups is 1. The van der Waals surface area contributed by atoms with E-state index >= 15 is 0 Å². The summed E-state index contributed by atoms with van der Waals surface area (Å²) in [6, 6.07) is 8.72. The molecule has 2 saturated heterocycles. The van der Waals surface area contributed by atoms with Crippen molar-refractivity contribution >= 4 is 6.09 Å². The maximum atomic E-state index is 12.1. The van der Waals surface area contributed by atoms with Crippen molar-refractivity contribution < 1.29 is 14.3 Å². The Bertz CT molecular complexity index is 600.